The van der Waals surface area contributed by atoms with E-state index in [-0.39, 0.29) is 0 Å². The molecule has 0 aliphatic carbocycles. The van der Waals surface area contributed by atoms with Crippen LogP contribution in [-0.2, 0) is 16.4 Å². The van der Waals surface area contributed by atoms with Gasteiger partial charge in [0.15, 0.2) is 9.84 Å². The summed E-state index contributed by atoms with van der Waals surface area (Å²) in [7, 11) is -3.07. The number of pyridine rings is 1. The van der Waals surface area contributed by atoms with Gasteiger partial charge >= 0.3 is 0 Å². The lowest BCUT2D eigenvalue weighted by atomic mass is 10.3. The Morgan fingerprint density at radius 2 is 2.39 bits per heavy atom. The van der Waals surface area contributed by atoms with E-state index in [2.05, 4.69) is 4.98 Å². The molecule has 0 saturated carbocycles. The van der Waals surface area contributed by atoms with Crippen LogP contribution in [0.2, 0.25) is 0 Å². The number of nitrogens with zero attached hydrogens (tertiary/aromatic N) is 2. The molecule has 2 N–H and O–H groups in total. The second kappa shape index (κ2) is 5.46. The van der Waals surface area contributed by atoms with E-state index in [4.69, 9.17) is 5.73 Å². The van der Waals surface area contributed by atoms with Crippen molar-refractivity contribution in [2.24, 2.45) is 0 Å². The molecule has 1 atom stereocenters. The van der Waals surface area contributed by atoms with Gasteiger partial charge in [0.05, 0.1) is 11.4 Å². The maximum Gasteiger partial charge on any atom is 0.164 e. The summed E-state index contributed by atoms with van der Waals surface area (Å²) in [6, 6.07) is 3.56. The zero-order valence-electron chi connectivity index (χ0n) is 10.2. The summed E-state index contributed by atoms with van der Waals surface area (Å²) in [5.41, 5.74) is 7.21. The second-order valence-corrected chi connectivity index (χ2v) is 7.72. The molecule has 7 heteroatoms. The summed E-state index contributed by atoms with van der Waals surface area (Å²) < 4.78 is 23.5. The lowest BCUT2D eigenvalue weighted by molar-refractivity contribution is 0.260. The summed E-state index contributed by atoms with van der Waals surface area (Å²) in [6.45, 7) is 1.24. The van der Waals surface area contributed by atoms with Crippen molar-refractivity contribution in [3.63, 3.8) is 0 Å². The minimum absolute atomic E-state index is 0.433. The van der Waals surface area contributed by atoms with E-state index >= 15 is 0 Å². The van der Waals surface area contributed by atoms with Crippen molar-refractivity contribution >= 4 is 27.3 Å². The molecule has 1 aromatic rings. The molecule has 0 radical (unpaired) electrons. The number of sulfone groups is 1. The van der Waals surface area contributed by atoms with E-state index in [1.165, 1.54) is 6.26 Å². The highest BCUT2D eigenvalue weighted by molar-refractivity contribution is 8.00. The van der Waals surface area contributed by atoms with Gasteiger partial charge in [-0.25, -0.2) is 8.42 Å². The van der Waals surface area contributed by atoms with Crippen LogP contribution >= 0.6 is 11.8 Å². The van der Waals surface area contributed by atoms with E-state index < -0.39 is 15.2 Å². The maximum atomic E-state index is 11.8. The van der Waals surface area contributed by atoms with Crippen molar-refractivity contribution in [1.82, 2.24) is 9.88 Å². The molecule has 1 aromatic heterocycles. The van der Waals surface area contributed by atoms with Crippen molar-refractivity contribution in [3.05, 3.63) is 24.0 Å². The van der Waals surface area contributed by atoms with E-state index in [1.54, 1.807) is 30.1 Å². The molecule has 1 saturated heterocycles. The summed E-state index contributed by atoms with van der Waals surface area (Å²) in [6.07, 6.45) is 2.97. The second-order valence-electron chi connectivity index (χ2n) is 4.37. The fraction of sp³-hybridized carbons (Fsp3) is 0.545. The summed E-state index contributed by atoms with van der Waals surface area (Å²) >= 11 is 1.68. The third-order valence-corrected chi connectivity index (χ3v) is 5.65. The number of thioether (sulfide) groups is 1. The Kier molecular flexibility index (Phi) is 4.14. The number of hydrogen-bond acceptors (Lipinski definition) is 6. The highest BCUT2D eigenvalue weighted by Crippen LogP contribution is 2.23. The van der Waals surface area contributed by atoms with Crippen LogP contribution in [0, 0.1) is 0 Å². The molecule has 100 valence electrons. The lowest BCUT2D eigenvalue weighted by Gasteiger charge is -2.33. The molecule has 1 aliphatic rings. The van der Waals surface area contributed by atoms with Crippen LogP contribution in [0.3, 0.4) is 0 Å². The Labute approximate surface area is 112 Å². The Bertz CT molecular complexity index is 519. The molecule has 5 nitrogen and oxygen atoms in total. The van der Waals surface area contributed by atoms with Crippen molar-refractivity contribution in [1.29, 1.82) is 0 Å². The first-order chi connectivity index (χ1) is 8.48. The minimum Gasteiger partial charge on any atom is -0.397 e. The Balaban J connectivity index is 2.18. The molecule has 0 aromatic carbocycles. The lowest BCUT2D eigenvalue weighted by Crippen LogP contribution is -2.46. The highest BCUT2D eigenvalue weighted by atomic mass is 32.2. The van der Waals surface area contributed by atoms with E-state index in [9.17, 15) is 8.42 Å². The predicted molar refractivity (Wildman–Crippen MR) is 75.0 cm³/mol. The first-order valence-corrected chi connectivity index (χ1v) is 8.79. The molecule has 18 heavy (non-hydrogen) atoms. The van der Waals surface area contributed by atoms with Crippen molar-refractivity contribution in [2.75, 3.05) is 30.0 Å². The van der Waals surface area contributed by atoms with Gasteiger partial charge in [-0.15, -0.1) is 0 Å². The average molecular weight is 287 g/mol. The fourth-order valence-electron chi connectivity index (χ4n) is 1.97. The quantitative estimate of drug-likeness (QED) is 0.876. The minimum atomic E-state index is -3.07. The summed E-state index contributed by atoms with van der Waals surface area (Å²) in [5, 5.41) is -0.433. The van der Waals surface area contributed by atoms with Gasteiger partial charge in [-0.1, -0.05) is 0 Å². The number of rotatable bonds is 3. The smallest absolute Gasteiger partial charge is 0.164 e. The number of hydrogen-bond donors (Lipinski definition) is 1. The topological polar surface area (TPSA) is 76.3 Å². The summed E-state index contributed by atoms with van der Waals surface area (Å²) in [4.78, 5) is 6.17. The highest BCUT2D eigenvalue weighted by Gasteiger charge is 2.31. The van der Waals surface area contributed by atoms with Crippen molar-refractivity contribution in [3.8, 4) is 0 Å². The maximum absolute atomic E-state index is 11.8. The Morgan fingerprint density at radius 3 is 3.06 bits per heavy atom. The largest absolute Gasteiger partial charge is 0.397 e. The summed E-state index contributed by atoms with van der Waals surface area (Å²) in [5.74, 6) is 1.56. The molecule has 0 spiro atoms. The zero-order chi connectivity index (χ0) is 13.2. The fourth-order valence-corrected chi connectivity index (χ4v) is 4.91. The van der Waals surface area contributed by atoms with E-state index in [1.807, 2.05) is 4.90 Å². The molecular weight excluding hydrogens is 270 g/mol. The molecule has 1 fully saturated rings. The first-order valence-electron chi connectivity index (χ1n) is 5.68. The Hall–Kier alpha value is -0.790. The molecule has 1 aliphatic heterocycles. The van der Waals surface area contributed by atoms with Crippen LogP contribution in [0.4, 0.5) is 5.69 Å². The molecule has 2 rings (SSSR count). The molecule has 1 unspecified atom stereocenters. The van der Waals surface area contributed by atoms with Gasteiger partial charge in [0.2, 0.25) is 0 Å². The van der Waals surface area contributed by atoms with Crippen LogP contribution in [0.1, 0.15) is 5.69 Å². The van der Waals surface area contributed by atoms with Gasteiger partial charge in [-0.05, 0) is 12.1 Å². The zero-order valence-corrected chi connectivity index (χ0v) is 11.9. The third-order valence-electron chi connectivity index (χ3n) is 2.96. The number of anilines is 1. The van der Waals surface area contributed by atoms with Gasteiger partial charge in [-0.2, -0.15) is 11.8 Å². The Morgan fingerprint density at radius 1 is 1.61 bits per heavy atom. The van der Waals surface area contributed by atoms with Gasteiger partial charge < -0.3 is 5.73 Å². The third kappa shape index (κ3) is 3.15. The van der Waals surface area contributed by atoms with Crippen molar-refractivity contribution < 1.29 is 8.42 Å². The average Bonchev–Trinajstić information content (AvgIpc) is 2.31. The molecule has 2 heterocycles. The van der Waals surface area contributed by atoms with Gasteiger partial charge in [0.25, 0.3) is 0 Å². The molecule has 0 amide bonds. The number of nitrogen functional groups attached to an aromatic ring is 1. The van der Waals surface area contributed by atoms with E-state index in [0.717, 1.165) is 18.0 Å². The molecule has 0 bridgehead atoms. The van der Waals surface area contributed by atoms with Crippen LogP contribution in [0.25, 0.3) is 0 Å². The first kappa shape index (κ1) is 13.6. The van der Waals surface area contributed by atoms with Gasteiger partial charge in [-0.3, -0.25) is 9.88 Å². The van der Waals surface area contributed by atoms with Gasteiger partial charge in [0, 0.05) is 37.0 Å². The monoisotopic (exact) mass is 287 g/mol. The van der Waals surface area contributed by atoms with Crippen molar-refractivity contribution in [2.45, 2.75) is 11.9 Å². The van der Waals surface area contributed by atoms with Crippen LogP contribution in [0.15, 0.2) is 18.3 Å². The SMILES string of the molecule is CS(=O)(=O)C1CSCCN1Cc1ncccc1N. The van der Waals surface area contributed by atoms with Crippen LogP contribution in [0.5, 0.6) is 0 Å². The number of aromatic nitrogens is 1. The van der Waals surface area contributed by atoms with Crippen LogP contribution in [-0.4, -0.2) is 48.0 Å². The van der Waals surface area contributed by atoms with Crippen LogP contribution < -0.4 is 5.73 Å². The molecular formula is C11H17N3O2S2. The predicted octanol–water partition coefficient (Wildman–Crippen LogP) is 0.583. The normalized spacial score (nSPS) is 21.9. The standard InChI is InChI=1S/C11H17N3O2S2/c1-18(15,16)11-8-17-6-5-14(11)7-10-9(12)3-2-4-13-10/h2-4,11H,5-8,12H2,1H3. The van der Waals surface area contributed by atoms with Gasteiger partial charge in [0.1, 0.15) is 5.37 Å². The van der Waals surface area contributed by atoms with E-state index in [0.29, 0.717) is 18.0 Å². The number of nitrogens with two attached hydrogens (primary N) is 1.